The average molecular weight is 287 g/mol. The Kier molecular flexibility index (Phi) is 5.10. The van der Waals surface area contributed by atoms with Gasteiger partial charge in [-0.05, 0) is 31.5 Å². The van der Waals surface area contributed by atoms with Crippen LogP contribution in [0, 0.1) is 18.3 Å². The molecular formula is C15H17N3OS. The Bertz CT molecular complexity index is 586. The Hall–Kier alpha value is -1.90. The van der Waals surface area contributed by atoms with E-state index < -0.39 is 0 Å². The molecule has 0 saturated carbocycles. The molecule has 1 unspecified atom stereocenters. The van der Waals surface area contributed by atoms with E-state index in [9.17, 15) is 0 Å². The summed E-state index contributed by atoms with van der Waals surface area (Å²) in [6, 6.07) is 10.0. The fraction of sp³-hybridized carbons (Fsp3) is 0.333. The second kappa shape index (κ2) is 7.04. The predicted octanol–water partition coefficient (Wildman–Crippen LogP) is 3.20. The average Bonchev–Trinajstić information content (AvgIpc) is 2.88. The molecule has 1 aromatic heterocycles. The van der Waals surface area contributed by atoms with Gasteiger partial charge in [0.25, 0.3) is 0 Å². The first-order valence-electron chi connectivity index (χ1n) is 6.42. The Morgan fingerprint density at radius 3 is 2.75 bits per heavy atom. The molecular weight excluding hydrogens is 270 g/mol. The van der Waals surface area contributed by atoms with Crippen molar-refractivity contribution in [3.8, 4) is 11.8 Å². The molecule has 0 aliphatic rings. The Balaban J connectivity index is 1.90. The van der Waals surface area contributed by atoms with Gasteiger partial charge in [-0.2, -0.15) is 5.26 Å². The van der Waals surface area contributed by atoms with E-state index in [1.54, 1.807) is 11.3 Å². The van der Waals surface area contributed by atoms with Crippen molar-refractivity contribution >= 4 is 11.3 Å². The highest BCUT2D eigenvalue weighted by atomic mass is 32.1. The van der Waals surface area contributed by atoms with Crippen molar-refractivity contribution in [2.24, 2.45) is 0 Å². The third kappa shape index (κ3) is 3.80. The van der Waals surface area contributed by atoms with Gasteiger partial charge in [-0.15, -0.1) is 11.3 Å². The summed E-state index contributed by atoms with van der Waals surface area (Å²) in [5.74, 6) is 0.723. The molecule has 0 saturated heterocycles. The number of hydrogen-bond acceptors (Lipinski definition) is 5. The number of hydrogen-bond donors (Lipinski definition) is 1. The van der Waals surface area contributed by atoms with Crippen LogP contribution < -0.4 is 10.1 Å². The van der Waals surface area contributed by atoms with Crippen molar-refractivity contribution in [3.63, 3.8) is 0 Å². The Morgan fingerprint density at radius 2 is 2.15 bits per heavy atom. The minimum Gasteiger partial charge on any atom is -0.479 e. The van der Waals surface area contributed by atoms with Gasteiger partial charge < -0.3 is 10.1 Å². The third-order valence-corrected chi connectivity index (χ3v) is 4.03. The van der Waals surface area contributed by atoms with Gasteiger partial charge >= 0.3 is 0 Å². The van der Waals surface area contributed by atoms with E-state index >= 15 is 0 Å². The summed E-state index contributed by atoms with van der Waals surface area (Å²) in [5.41, 5.74) is 4.16. The number of nitrogens with one attached hydrogen (secondary N) is 1. The number of aromatic nitrogens is 1. The molecule has 5 heteroatoms. The van der Waals surface area contributed by atoms with Gasteiger partial charge in [0, 0.05) is 17.5 Å². The van der Waals surface area contributed by atoms with Crippen LogP contribution in [0.15, 0.2) is 29.8 Å². The van der Waals surface area contributed by atoms with Crippen molar-refractivity contribution in [1.82, 2.24) is 10.3 Å². The monoisotopic (exact) mass is 287 g/mol. The van der Waals surface area contributed by atoms with Crippen LogP contribution in [0.1, 0.15) is 29.1 Å². The van der Waals surface area contributed by atoms with E-state index in [4.69, 9.17) is 10.00 Å². The maximum absolute atomic E-state index is 8.46. The fourth-order valence-corrected chi connectivity index (χ4v) is 2.56. The van der Waals surface area contributed by atoms with Crippen LogP contribution in [-0.2, 0) is 6.54 Å². The number of ether oxygens (including phenoxy) is 1. The molecule has 20 heavy (non-hydrogen) atoms. The van der Waals surface area contributed by atoms with Crippen LogP contribution in [0.4, 0.5) is 0 Å². The number of nitriles is 1. The zero-order valence-corrected chi connectivity index (χ0v) is 12.4. The number of thiazole rings is 1. The lowest BCUT2D eigenvalue weighted by atomic mass is 10.1. The van der Waals surface area contributed by atoms with Gasteiger partial charge in [0.05, 0.1) is 11.2 Å². The van der Waals surface area contributed by atoms with Crippen LogP contribution in [0.3, 0.4) is 0 Å². The van der Waals surface area contributed by atoms with E-state index in [2.05, 4.69) is 17.2 Å². The summed E-state index contributed by atoms with van der Waals surface area (Å²) in [6.07, 6.45) is 0. The smallest absolute Gasteiger partial charge is 0.174 e. The predicted molar refractivity (Wildman–Crippen MR) is 79.7 cm³/mol. The largest absolute Gasteiger partial charge is 0.479 e. The molecule has 2 aromatic rings. The van der Waals surface area contributed by atoms with Gasteiger partial charge in [0.15, 0.2) is 6.61 Å². The second-order valence-corrected chi connectivity index (χ2v) is 5.42. The number of benzene rings is 1. The van der Waals surface area contributed by atoms with E-state index in [1.807, 2.05) is 42.8 Å². The van der Waals surface area contributed by atoms with Crippen molar-refractivity contribution in [2.45, 2.75) is 26.4 Å². The van der Waals surface area contributed by atoms with E-state index in [1.165, 1.54) is 10.4 Å². The zero-order chi connectivity index (χ0) is 14.4. The third-order valence-electron chi connectivity index (χ3n) is 3.10. The van der Waals surface area contributed by atoms with Crippen molar-refractivity contribution in [3.05, 3.63) is 45.9 Å². The first kappa shape index (κ1) is 14.5. The van der Waals surface area contributed by atoms with Crippen LogP contribution in [0.25, 0.3) is 0 Å². The molecule has 2 rings (SSSR count). The summed E-state index contributed by atoms with van der Waals surface area (Å²) < 4.78 is 5.24. The molecule has 1 N–H and O–H groups in total. The van der Waals surface area contributed by atoms with Gasteiger partial charge in [-0.3, -0.25) is 0 Å². The topological polar surface area (TPSA) is 57.9 Å². The molecule has 4 nitrogen and oxygen atoms in total. The molecule has 0 aliphatic heterocycles. The number of aryl methyl sites for hydroxylation is 1. The van der Waals surface area contributed by atoms with Gasteiger partial charge in [-0.25, -0.2) is 4.98 Å². The SMILES string of the molecule is Cc1ncsc1CNC(C)c1ccc(OCC#N)cc1. The highest BCUT2D eigenvalue weighted by molar-refractivity contribution is 7.09. The van der Waals surface area contributed by atoms with Gasteiger partial charge in [-0.1, -0.05) is 12.1 Å². The fourth-order valence-electron chi connectivity index (χ4n) is 1.83. The molecule has 1 heterocycles. The molecule has 0 spiro atoms. The molecule has 0 amide bonds. The molecule has 0 radical (unpaired) electrons. The van der Waals surface area contributed by atoms with Crippen molar-refractivity contribution < 1.29 is 4.74 Å². The maximum Gasteiger partial charge on any atom is 0.174 e. The summed E-state index contributed by atoms with van der Waals surface area (Å²) >= 11 is 1.67. The van der Waals surface area contributed by atoms with Crippen LogP contribution >= 0.6 is 11.3 Å². The minimum absolute atomic E-state index is 0.0812. The molecule has 0 fully saturated rings. The van der Waals surface area contributed by atoms with Crippen molar-refractivity contribution in [1.29, 1.82) is 5.26 Å². The Morgan fingerprint density at radius 1 is 1.40 bits per heavy atom. The maximum atomic E-state index is 8.46. The second-order valence-electron chi connectivity index (χ2n) is 4.48. The van der Waals surface area contributed by atoms with Gasteiger partial charge in [0.1, 0.15) is 11.8 Å². The van der Waals surface area contributed by atoms with E-state index in [-0.39, 0.29) is 12.6 Å². The van der Waals surface area contributed by atoms with Crippen LogP contribution in [0.2, 0.25) is 0 Å². The molecule has 104 valence electrons. The van der Waals surface area contributed by atoms with Crippen LogP contribution in [0.5, 0.6) is 5.75 Å². The number of rotatable bonds is 6. The lowest BCUT2D eigenvalue weighted by Crippen LogP contribution is -2.17. The summed E-state index contributed by atoms with van der Waals surface area (Å²) in [7, 11) is 0. The quantitative estimate of drug-likeness (QED) is 0.886. The standard InChI is InChI=1S/C15H17N3OS/c1-11(17-9-15-12(2)18-10-20-15)13-3-5-14(6-4-13)19-8-7-16/h3-6,10-11,17H,8-9H2,1-2H3. The lowest BCUT2D eigenvalue weighted by molar-refractivity contribution is 0.368. The van der Waals surface area contributed by atoms with Gasteiger partial charge in [0.2, 0.25) is 0 Å². The summed E-state index contributed by atoms with van der Waals surface area (Å²) in [6.45, 7) is 5.06. The summed E-state index contributed by atoms with van der Waals surface area (Å²) in [4.78, 5) is 5.51. The summed E-state index contributed by atoms with van der Waals surface area (Å²) in [5, 5.41) is 11.9. The minimum atomic E-state index is 0.0812. The molecule has 0 aliphatic carbocycles. The molecule has 1 atom stereocenters. The zero-order valence-electron chi connectivity index (χ0n) is 11.6. The van der Waals surface area contributed by atoms with E-state index in [0.717, 1.165) is 18.0 Å². The molecule has 1 aromatic carbocycles. The van der Waals surface area contributed by atoms with Crippen molar-refractivity contribution in [2.75, 3.05) is 6.61 Å². The molecule has 0 bridgehead atoms. The van der Waals surface area contributed by atoms with Crippen LogP contribution in [-0.4, -0.2) is 11.6 Å². The Labute approximate surface area is 123 Å². The number of nitrogens with zero attached hydrogens (tertiary/aromatic N) is 2. The first-order chi connectivity index (χ1) is 9.70. The first-order valence-corrected chi connectivity index (χ1v) is 7.30. The lowest BCUT2D eigenvalue weighted by Gasteiger charge is -2.14. The van der Waals surface area contributed by atoms with E-state index in [0.29, 0.717) is 0 Å². The highest BCUT2D eigenvalue weighted by Gasteiger charge is 2.07. The normalized spacial score (nSPS) is 11.8. The highest BCUT2D eigenvalue weighted by Crippen LogP contribution is 2.19.